The third-order valence-electron chi connectivity index (χ3n) is 5.89. The molecule has 4 aromatic rings. The number of carbonyl (C=O) groups is 1. The molecule has 35 heavy (non-hydrogen) atoms. The first kappa shape index (κ1) is 22.7. The molecule has 0 unspecified atom stereocenters. The van der Waals surface area contributed by atoms with Crippen LogP contribution in [0.15, 0.2) is 85.1 Å². The molecule has 0 bridgehead atoms. The van der Waals surface area contributed by atoms with Crippen molar-refractivity contribution in [2.45, 2.75) is 19.9 Å². The summed E-state index contributed by atoms with van der Waals surface area (Å²) in [7, 11) is 0. The minimum absolute atomic E-state index is 0.258. The number of halogens is 1. The van der Waals surface area contributed by atoms with Crippen molar-refractivity contribution < 1.29 is 9.53 Å². The minimum Gasteiger partial charge on any atom is -0.494 e. The lowest BCUT2D eigenvalue weighted by atomic mass is 10.0. The predicted octanol–water partition coefficient (Wildman–Crippen LogP) is 6.55. The van der Waals surface area contributed by atoms with E-state index in [2.05, 4.69) is 53.0 Å². The number of rotatable bonds is 6. The van der Waals surface area contributed by atoms with Gasteiger partial charge in [0.15, 0.2) is 0 Å². The van der Waals surface area contributed by atoms with Crippen molar-refractivity contribution in [1.82, 2.24) is 9.78 Å². The molecule has 1 aromatic heterocycles. The smallest absolute Gasteiger partial charge is 0.261 e. The van der Waals surface area contributed by atoms with E-state index >= 15 is 0 Å². The highest BCUT2D eigenvalue weighted by atomic mass is 35.5. The quantitative estimate of drug-likeness (QED) is 0.325. The number of hydrogen-bond donors (Lipinski definition) is 2. The fraction of sp³-hybridized carbons (Fsp3) is 0.143. The summed E-state index contributed by atoms with van der Waals surface area (Å²) >= 11 is 6.57. The Kier molecular flexibility index (Phi) is 6.29. The molecule has 1 atom stereocenters. The van der Waals surface area contributed by atoms with Gasteiger partial charge in [0.05, 0.1) is 12.8 Å². The summed E-state index contributed by atoms with van der Waals surface area (Å²) in [5.41, 5.74) is 5.09. The fourth-order valence-electron chi connectivity index (χ4n) is 4.10. The second-order valence-electron chi connectivity index (χ2n) is 8.30. The van der Waals surface area contributed by atoms with E-state index in [1.807, 2.05) is 55.5 Å². The van der Waals surface area contributed by atoms with Gasteiger partial charge < -0.3 is 15.4 Å². The minimum atomic E-state index is -0.275. The van der Waals surface area contributed by atoms with E-state index in [-0.39, 0.29) is 11.9 Å². The molecule has 0 saturated heterocycles. The number of benzene rings is 3. The summed E-state index contributed by atoms with van der Waals surface area (Å²) in [4.78, 5) is 13.3. The lowest BCUT2D eigenvalue weighted by Crippen LogP contribution is -2.22. The SMILES string of the molecule is CCOc1ccc(NC(=O)c2cnn3c2NC(c2ccc(C)cc2)=C[C@@H]3c2ccccc2Cl)cc1. The van der Waals surface area contributed by atoms with Gasteiger partial charge in [0, 0.05) is 16.4 Å². The number of aryl methyl sites for hydroxylation is 1. The number of ether oxygens (including phenoxy) is 1. The number of carbonyl (C=O) groups excluding carboxylic acids is 1. The first-order chi connectivity index (χ1) is 17.0. The summed E-state index contributed by atoms with van der Waals surface area (Å²) in [6.45, 7) is 4.57. The lowest BCUT2D eigenvalue weighted by Gasteiger charge is -2.27. The second-order valence-corrected chi connectivity index (χ2v) is 8.71. The van der Waals surface area contributed by atoms with E-state index in [9.17, 15) is 4.79 Å². The van der Waals surface area contributed by atoms with Crippen molar-refractivity contribution >= 4 is 34.7 Å². The number of fused-ring (bicyclic) bond motifs is 1. The van der Waals surface area contributed by atoms with Crippen LogP contribution in [0.4, 0.5) is 11.5 Å². The van der Waals surface area contributed by atoms with Crippen LogP contribution in [-0.2, 0) is 0 Å². The van der Waals surface area contributed by atoms with Crippen LogP contribution < -0.4 is 15.4 Å². The van der Waals surface area contributed by atoms with E-state index in [1.165, 1.54) is 5.56 Å². The summed E-state index contributed by atoms with van der Waals surface area (Å²) in [5.74, 6) is 1.10. The van der Waals surface area contributed by atoms with Gasteiger partial charge in [-0.2, -0.15) is 5.10 Å². The number of aromatic nitrogens is 2. The average Bonchev–Trinajstić information content (AvgIpc) is 3.30. The first-order valence-electron chi connectivity index (χ1n) is 11.5. The molecule has 6 nitrogen and oxygen atoms in total. The highest BCUT2D eigenvalue weighted by Crippen LogP contribution is 2.37. The molecule has 0 fully saturated rings. The van der Waals surface area contributed by atoms with E-state index in [0.29, 0.717) is 28.7 Å². The molecule has 0 aliphatic carbocycles. The van der Waals surface area contributed by atoms with E-state index < -0.39 is 0 Å². The van der Waals surface area contributed by atoms with Crippen LogP contribution in [0.5, 0.6) is 5.75 Å². The predicted molar refractivity (Wildman–Crippen MR) is 140 cm³/mol. The van der Waals surface area contributed by atoms with Crippen molar-refractivity contribution in [3.8, 4) is 5.75 Å². The van der Waals surface area contributed by atoms with Gasteiger partial charge in [-0.25, -0.2) is 4.68 Å². The Morgan fingerprint density at radius 2 is 1.83 bits per heavy atom. The molecule has 0 saturated carbocycles. The molecule has 176 valence electrons. The summed E-state index contributed by atoms with van der Waals surface area (Å²) in [5, 5.41) is 11.6. The average molecular weight is 485 g/mol. The zero-order valence-electron chi connectivity index (χ0n) is 19.5. The summed E-state index contributed by atoms with van der Waals surface area (Å²) in [6.07, 6.45) is 3.67. The Morgan fingerprint density at radius 1 is 1.09 bits per heavy atom. The van der Waals surface area contributed by atoms with Crippen molar-refractivity contribution in [3.05, 3.63) is 112 Å². The molecule has 1 amide bonds. The van der Waals surface area contributed by atoms with Gasteiger partial charge in [-0.15, -0.1) is 0 Å². The number of amides is 1. The number of anilines is 2. The van der Waals surface area contributed by atoms with Crippen molar-refractivity contribution in [3.63, 3.8) is 0 Å². The molecule has 1 aliphatic rings. The Labute approximate surface area is 209 Å². The van der Waals surface area contributed by atoms with Crippen LogP contribution in [0.3, 0.4) is 0 Å². The maximum absolute atomic E-state index is 13.3. The van der Waals surface area contributed by atoms with Crippen molar-refractivity contribution in [2.75, 3.05) is 17.2 Å². The first-order valence-corrected chi connectivity index (χ1v) is 11.8. The Hall–Kier alpha value is -4.03. The normalized spacial score (nSPS) is 14.5. The largest absolute Gasteiger partial charge is 0.494 e. The van der Waals surface area contributed by atoms with Gasteiger partial charge in [-0.3, -0.25) is 4.79 Å². The molecule has 0 radical (unpaired) electrons. The van der Waals surface area contributed by atoms with Gasteiger partial charge in [-0.1, -0.05) is 59.6 Å². The van der Waals surface area contributed by atoms with Crippen LogP contribution in [0.1, 0.15) is 40.0 Å². The van der Waals surface area contributed by atoms with Gasteiger partial charge in [0.25, 0.3) is 5.91 Å². The van der Waals surface area contributed by atoms with Crippen LogP contribution in [0.2, 0.25) is 5.02 Å². The maximum atomic E-state index is 13.3. The number of allylic oxidation sites excluding steroid dienone is 1. The van der Waals surface area contributed by atoms with E-state index in [1.54, 1.807) is 10.9 Å². The molecule has 3 aromatic carbocycles. The standard InChI is InChI=1S/C28H25ClN4O2/c1-3-35-21-14-12-20(13-15-21)31-28(34)23-17-30-33-26(22-6-4-5-7-24(22)29)16-25(32-27(23)33)19-10-8-18(2)9-11-19/h4-17,26,32H,3H2,1-2H3,(H,31,34)/t26-/m1/s1. The highest BCUT2D eigenvalue weighted by molar-refractivity contribution is 6.31. The molecule has 7 heteroatoms. The van der Waals surface area contributed by atoms with Gasteiger partial charge >= 0.3 is 0 Å². The monoisotopic (exact) mass is 484 g/mol. The van der Waals surface area contributed by atoms with Crippen LogP contribution >= 0.6 is 11.6 Å². The van der Waals surface area contributed by atoms with E-state index in [0.717, 1.165) is 22.6 Å². The molecular formula is C28H25ClN4O2. The number of nitrogens with one attached hydrogen (secondary N) is 2. The maximum Gasteiger partial charge on any atom is 0.261 e. The van der Waals surface area contributed by atoms with Gasteiger partial charge in [0.1, 0.15) is 23.2 Å². The van der Waals surface area contributed by atoms with Crippen molar-refractivity contribution in [2.24, 2.45) is 0 Å². The summed E-state index contributed by atoms with van der Waals surface area (Å²) < 4.78 is 7.28. The Morgan fingerprint density at radius 3 is 2.54 bits per heavy atom. The molecule has 1 aliphatic heterocycles. The molecule has 0 spiro atoms. The topological polar surface area (TPSA) is 68.2 Å². The van der Waals surface area contributed by atoms with Crippen molar-refractivity contribution in [1.29, 1.82) is 0 Å². The lowest BCUT2D eigenvalue weighted by molar-refractivity contribution is 0.102. The summed E-state index contributed by atoms with van der Waals surface area (Å²) in [6, 6.07) is 23.0. The molecule has 2 N–H and O–H groups in total. The van der Waals surface area contributed by atoms with E-state index in [4.69, 9.17) is 16.3 Å². The van der Waals surface area contributed by atoms with Crippen LogP contribution in [0.25, 0.3) is 5.70 Å². The molecular weight excluding hydrogens is 460 g/mol. The van der Waals surface area contributed by atoms with Crippen LogP contribution in [-0.4, -0.2) is 22.3 Å². The third kappa shape index (κ3) is 4.66. The van der Waals surface area contributed by atoms with Gasteiger partial charge in [0.2, 0.25) is 0 Å². The Balaban J connectivity index is 1.51. The second kappa shape index (κ2) is 9.68. The Bertz CT molecular complexity index is 1390. The molecule has 5 rings (SSSR count). The zero-order chi connectivity index (χ0) is 24.4. The number of hydrogen-bond acceptors (Lipinski definition) is 4. The van der Waals surface area contributed by atoms with Crippen LogP contribution in [0, 0.1) is 6.92 Å². The third-order valence-corrected chi connectivity index (χ3v) is 6.24. The van der Waals surface area contributed by atoms with Gasteiger partial charge in [-0.05, 0) is 61.4 Å². The fourth-order valence-corrected chi connectivity index (χ4v) is 4.35. The number of nitrogens with zero attached hydrogens (tertiary/aromatic N) is 2. The zero-order valence-corrected chi connectivity index (χ0v) is 20.2. The molecule has 2 heterocycles. The highest BCUT2D eigenvalue weighted by Gasteiger charge is 2.28.